The molecule has 0 aliphatic rings. The topological polar surface area (TPSA) is 38.2 Å². The highest BCUT2D eigenvalue weighted by Gasteiger charge is 2.06. The maximum Gasteiger partial charge on any atom is 0.134 e. The van der Waals surface area contributed by atoms with E-state index in [2.05, 4.69) is 33.9 Å². The van der Waals surface area contributed by atoms with E-state index in [0.29, 0.717) is 6.61 Å². The Morgan fingerprint density at radius 2 is 2.14 bits per heavy atom. The van der Waals surface area contributed by atoms with Gasteiger partial charge in [-0.15, -0.1) is 0 Å². The average Bonchev–Trinajstić information content (AvgIpc) is 2.54. The number of aryl methyl sites for hydroxylation is 1. The Labute approximate surface area is 132 Å². The summed E-state index contributed by atoms with van der Waals surface area (Å²) in [6, 6.07) is 9.08. The quantitative estimate of drug-likeness (QED) is 0.787. The lowest BCUT2D eigenvalue weighted by Crippen LogP contribution is -2.19. The van der Waals surface area contributed by atoms with E-state index in [-0.39, 0.29) is 0 Å². The first-order valence-corrected chi connectivity index (χ1v) is 7.46. The molecule has 0 amide bonds. The van der Waals surface area contributed by atoms with E-state index in [1.54, 1.807) is 12.5 Å². The maximum absolute atomic E-state index is 5.90. The summed E-state index contributed by atoms with van der Waals surface area (Å²) in [5.74, 6) is 0.798. The van der Waals surface area contributed by atoms with Crippen LogP contribution in [-0.2, 0) is 6.42 Å². The molecule has 115 valence electrons. The van der Waals surface area contributed by atoms with Gasteiger partial charge in [-0.05, 0) is 44.3 Å². The minimum absolute atomic E-state index is 0.644. The molecule has 22 heavy (non-hydrogen) atoms. The van der Waals surface area contributed by atoms with Crippen molar-refractivity contribution in [1.29, 1.82) is 0 Å². The third-order valence-electron chi connectivity index (χ3n) is 3.28. The molecule has 0 unspecified atom stereocenters. The number of hydrogen-bond acceptors (Lipinski definition) is 4. The van der Waals surface area contributed by atoms with Gasteiger partial charge in [-0.1, -0.05) is 19.1 Å². The lowest BCUT2D eigenvalue weighted by Gasteiger charge is -2.14. The summed E-state index contributed by atoms with van der Waals surface area (Å²) in [4.78, 5) is 10.2. The molecule has 0 aliphatic heterocycles. The highest BCUT2D eigenvalue weighted by atomic mass is 16.5. The molecular weight excluding hydrogens is 274 g/mol. The summed E-state index contributed by atoms with van der Waals surface area (Å²) in [6.07, 6.45) is 8.25. The van der Waals surface area contributed by atoms with Crippen molar-refractivity contribution in [2.45, 2.75) is 13.3 Å². The second kappa shape index (κ2) is 8.29. The fourth-order valence-corrected chi connectivity index (χ4v) is 2.04. The Morgan fingerprint density at radius 1 is 1.27 bits per heavy atom. The largest absolute Gasteiger partial charge is 0.491 e. The van der Waals surface area contributed by atoms with E-state index in [1.165, 1.54) is 5.56 Å². The van der Waals surface area contributed by atoms with Crippen molar-refractivity contribution in [2.24, 2.45) is 0 Å². The second-order valence-electron chi connectivity index (χ2n) is 5.22. The van der Waals surface area contributed by atoms with Gasteiger partial charge in [-0.3, -0.25) is 0 Å². The standard InChI is InChI=1S/C18H22N3O/c1-4-15-6-5-7-18(22-13-12-21(2)3)17(15)9-8-16-10-11-19-14-20-16/h5-6,8-11,14H,4,12-13H2,1-3H3. The molecule has 4 heteroatoms. The molecule has 2 rings (SSSR count). The van der Waals surface area contributed by atoms with Gasteiger partial charge in [0, 0.05) is 24.4 Å². The summed E-state index contributed by atoms with van der Waals surface area (Å²) in [5, 5.41) is 0. The summed E-state index contributed by atoms with van der Waals surface area (Å²) in [5.41, 5.74) is 3.19. The summed E-state index contributed by atoms with van der Waals surface area (Å²) in [6.45, 7) is 3.66. The van der Waals surface area contributed by atoms with Crippen LogP contribution in [-0.4, -0.2) is 42.1 Å². The smallest absolute Gasteiger partial charge is 0.134 e. The van der Waals surface area contributed by atoms with Crippen molar-refractivity contribution in [1.82, 2.24) is 14.9 Å². The number of aromatic nitrogens is 2. The summed E-state index contributed by atoms with van der Waals surface area (Å²) in [7, 11) is 4.07. The third kappa shape index (κ3) is 4.67. The van der Waals surface area contributed by atoms with E-state index in [4.69, 9.17) is 4.74 Å². The minimum Gasteiger partial charge on any atom is -0.491 e. The van der Waals surface area contributed by atoms with Crippen LogP contribution in [0.1, 0.15) is 23.7 Å². The zero-order valence-corrected chi connectivity index (χ0v) is 13.4. The molecule has 2 aromatic rings. The normalized spacial score (nSPS) is 11.3. The van der Waals surface area contributed by atoms with Gasteiger partial charge in [-0.25, -0.2) is 9.97 Å². The predicted molar refractivity (Wildman–Crippen MR) is 89.7 cm³/mol. The van der Waals surface area contributed by atoms with Crippen molar-refractivity contribution in [3.05, 3.63) is 53.6 Å². The van der Waals surface area contributed by atoms with Crippen LogP contribution in [0.25, 0.3) is 12.2 Å². The van der Waals surface area contributed by atoms with Gasteiger partial charge in [0.15, 0.2) is 0 Å². The number of likely N-dealkylation sites (N-methyl/N-ethyl adjacent to an activating group) is 1. The first kappa shape index (κ1) is 16.2. The molecule has 0 saturated heterocycles. The van der Waals surface area contributed by atoms with Crippen LogP contribution in [0.15, 0.2) is 30.7 Å². The molecule has 0 atom stereocenters. The Balaban J connectivity index is 2.21. The van der Waals surface area contributed by atoms with E-state index in [1.807, 2.05) is 38.4 Å². The molecule has 1 aromatic heterocycles. The fourth-order valence-electron chi connectivity index (χ4n) is 2.04. The zero-order valence-electron chi connectivity index (χ0n) is 13.4. The van der Waals surface area contributed by atoms with Gasteiger partial charge in [0.05, 0.1) is 5.69 Å². The van der Waals surface area contributed by atoms with Crippen LogP contribution in [0, 0.1) is 6.07 Å². The predicted octanol–water partition coefficient (Wildman–Crippen LogP) is 2.95. The Kier molecular flexibility index (Phi) is 6.10. The van der Waals surface area contributed by atoms with Gasteiger partial charge >= 0.3 is 0 Å². The van der Waals surface area contributed by atoms with Crippen molar-refractivity contribution < 1.29 is 4.74 Å². The van der Waals surface area contributed by atoms with Crippen molar-refractivity contribution in [3.63, 3.8) is 0 Å². The molecule has 0 saturated carbocycles. The average molecular weight is 296 g/mol. The molecule has 1 heterocycles. The monoisotopic (exact) mass is 296 g/mol. The number of nitrogens with zero attached hydrogens (tertiary/aromatic N) is 3. The van der Waals surface area contributed by atoms with Crippen molar-refractivity contribution >= 4 is 12.2 Å². The van der Waals surface area contributed by atoms with Gasteiger partial charge in [0.25, 0.3) is 0 Å². The van der Waals surface area contributed by atoms with E-state index in [0.717, 1.165) is 30.0 Å². The molecular formula is C18H22N3O. The number of ether oxygens (including phenoxy) is 1. The highest BCUT2D eigenvalue weighted by Crippen LogP contribution is 2.25. The van der Waals surface area contributed by atoms with Crippen molar-refractivity contribution in [3.8, 4) is 5.75 Å². The van der Waals surface area contributed by atoms with Crippen LogP contribution < -0.4 is 4.74 Å². The van der Waals surface area contributed by atoms with Crippen LogP contribution in [0.4, 0.5) is 0 Å². The number of hydrogen-bond donors (Lipinski definition) is 0. The third-order valence-corrected chi connectivity index (χ3v) is 3.28. The molecule has 4 nitrogen and oxygen atoms in total. The number of benzene rings is 1. The van der Waals surface area contributed by atoms with E-state index >= 15 is 0 Å². The highest BCUT2D eigenvalue weighted by molar-refractivity contribution is 5.73. The van der Waals surface area contributed by atoms with Gasteiger partial charge in [-0.2, -0.15) is 0 Å². The molecule has 1 radical (unpaired) electrons. The summed E-state index contributed by atoms with van der Waals surface area (Å²) < 4.78 is 5.90. The van der Waals surface area contributed by atoms with Crippen LogP contribution in [0.3, 0.4) is 0 Å². The van der Waals surface area contributed by atoms with Crippen LogP contribution in [0.2, 0.25) is 0 Å². The van der Waals surface area contributed by atoms with Crippen molar-refractivity contribution in [2.75, 3.05) is 27.2 Å². The molecule has 0 N–H and O–H groups in total. The maximum atomic E-state index is 5.90. The molecule has 0 bridgehead atoms. The molecule has 1 aromatic carbocycles. The van der Waals surface area contributed by atoms with Gasteiger partial charge < -0.3 is 9.64 Å². The Morgan fingerprint density at radius 3 is 2.82 bits per heavy atom. The molecule has 0 fully saturated rings. The van der Waals surface area contributed by atoms with E-state index in [9.17, 15) is 0 Å². The Hall–Kier alpha value is -2.20. The Bertz CT molecular complexity index is 609. The lowest BCUT2D eigenvalue weighted by molar-refractivity contribution is 0.260. The van der Waals surface area contributed by atoms with Gasteiger partial charge in [0.2, 0.25) is 0 Å². The van der Waals surface area contributed by atoms with Gasteiger partial charge in [0.1, 0.15) is 18.7 Å². The first-order valence-electron chi connectivity index (χ1n) is 7.46. The molecule has 0 aliphatic carbocycles. The first-order chi connectivity index (χ1) is 10.7. The van der Waals surface area contributed by atoms with E-state index < -0.39 is 0 Å². The van der Waals surface area contributed by atoms with Crippen LogP contribution >= 0.6 is 0 Å². The SMILES string of the molecule is CCc1cc[c]c(OCCN(C)C)c1C=Cc1ccncn1. The second-order valence-corrected chi connectivity index (χ2v) is 5.22. The number of rotatable bonds is 7. The lowest BCUT2D eigenvalue weighted by atomic mass is 10.0. The summed E-state index contributed by atoms with van der Waals surface area (Å²) >= 11 is 0. The van der Waals surface area contributed by atoms with Crippen LogP contribution in [0.5, 0.6) is 5.75 Å². The zero-order chi connectivity index (χ0) is 15.8. The molecule has 0 spiro atoms. The minimum atomic E-state index is 0.644. The fraction of sp³-hybridized carbons (Fsp3) is 0.333.